The standard InChI is InChI=1S/C20H29N3O4S/c21-14-17-13-18(24)15-23(17)20(25)10-7-16-5-8-19(9-6-16)28(26,27)22-11-3-1-2-4-12-22/h5-10,17-18,24H,1-4,11-15,21H2/b10-7+/t17-,18-/m1/s1. The van der Waals surface area contributed by atoms with Crippen molar-refractivity contribution >= 4 is 22.0 Å². The van der Waals surface area contributed by atoms with E-state index in [2.05, 4.69) is 0 Å². The molecule has 8 heteroatoms. The van der Waals surface area contributed by atoms with Crippen molar-refractivity contribution < 1.29 is 18.3 Å². The van der Waals surface area contributed by atoms with Crippen molar-refractivity contribution in [3.63, 3.8) is 0 Å². The monoisotopic (exact) mass is 407 g/mol. The number of nitrogens with zero attached hydrogens (tertiary/aromatic N) is 2. The molecule has 0 radical (unpaired) electrons. The number of aliphatic hydroxyl groups is 1. The highest BCUT2D eigenvalue weighted by Gasteiger charge is 2.32. The van der Waals surface area contributed by atoms with Gasteiger partial charge in [0, 0.05) is 38.3 Å². The Morgan fingerprint density at radius 1 is 1.14 bits per heavy atom. The Bertz CT molecular complexity index is 799. The Morgan fingerprint density at radius 3 is 2.39 bits per heavy atom. The fourth-order valence-corrected chi connectivity index (χ4v) is 5.35. The van der Waals surface area contributed by atoms with Crippen molar-refractivity contribution in [2.45, 2.75) is 49.1 Å². The summed E-state index contributed by atoms with van der Waals surface area (Å²) in [6.07, 6.45) is 7.01. The Balaban J connectivity index is 1.67. The average Bonchev–Trinajstić information content (AvgIpc) is 2.89. The van der Waals surface area contributed by atoms with E-state index >= 15 is 0 Å². The van der Waals surface area contributed by atoms with Crippen LogP contribution in [0.3, 0.4) is 0 Å². The summed E-state index contributed by atoms with van der Waals surface area (Å²) in [6, 6.07) is 6.44. The Kier molecular flexibility index (Phi) is 6.87. The van der Waals surface area contributed by atoms with Crippen molar-refractivity contribution in [1.82, 2.24) is 9.21 Å². The molecule has 3 N–H and O–H groups in total. The molecule has 0 bridgehead atoms. The number of aliphatic hydroxyl groups excluding tert-OH is 1. The third-order valence-electron chi connectivity index (χ3n) is 5.45. The minimum absolute atomic E-state index is 0.145. The molecule has 7 nitrogen and oxygen atoms in total. The second kappa shape index (κ2) is 9.17. The first-order valence-corrected chi connectivity index (χ1v) is 11.3. The number of carbonyl (C=O) groups is 1. The van der Waals surface area contributed by atoms with Gasteiger partial charge in [-0.1, -0.05) is 25.0 Å². The van der Waals surface area contributed by atoms with Crippen molar-refractivity contribution in [1.29, 1.82) is 0 Å². The molecule has 3 rings (SSSR count). The molecule has 0 spiro atoms. The molecule has 2 aliphatic heterocycles. The lowest BCUT2D eigenvalue weighted by atomic mass is 10.2. The van der Waals surface area contributed by atoms with Gasteiger partial charge in [-0.05, 0) is 43.0 Å². The summed E-state index contributed by atoms with van der Waals surface area (Å²) in [5, 5.41) is 9.73. The highest BCUT2D eigenvalue weighted by Crippen LogP contribution is 2.21. The van der Waals surface area contributed by atoms with Crippen molar-refractivity contribution in [3.8, 4) is 0 Å². The number of likely N-dealkylation sites (tertiary alicyclic amines) is 1. The van der Waals surface area contributed by atoms with Gasteiger partial charge in [0.1, 0.15) is 0 Å². The zero-order chi connectivity index (χ0) is 20.1. The van der Waals surface area contributed by atoms with E-state index in [1.807, 2.05) is 0 Å². The summed E-state index contributed by atoms with van der Waals surface area (Å²) in [5.74, 6) is -0.201. The number of nitrogens with two attached hydrogens (primary N) is 1. The maximum Gasteiger partial charge on any atom is 0.246 e. The Hall–Kier alpha value is -1.74. The molecule has 2 heterocycles. The zero-order valence-electron chi connectivity index (χ0n) is 16.0. The van der Waals surface area contributed by atoms with E-state index < -0.39 is 16.1 Å². The topological polar surface area (TPSA) is 104 Å². The SMILES string of the molecule is NC[C@H]1C[C@@H](O)CN1C(=O)/C=C/c1ccc(S(=O)(=O)N2CCCCCC2)cc1. The number of hydrogen-bond donors (Lipinski definition) is 2. The van der Waals surface area contributed by atoms with Crippen LogP contribution in [0.2, 0.25) is 0 Å². The number of amides is 1. The Labute approximate surface area is 166 Å². The quantitative estimate of drug-likeness (QED) is 0.714. The minimum Gasteiger partial charge on any atom is -0.391 e. The molecule has 1 aromatic carbocycles. The average molecular weight is 408 g/mol. The predicted octanol–water partition coefficient (Wildman–Crippen LogP) is 1.18. The van der Waals surface area contributed by atoms with Gasteiger partial charge in [-0.15, -0.1) is 0 Å². The van der Waals surface area contributed by atoms with Gasteiger partial charge in [-0.3, -0.25) is 4.79 Å². The number of β-amino-alcohol motifs (C(OH)–C–C–N with tert-alkyl or cyclic N) is 1. The Morgan fingerprint density at radius 2 is 1.79 bits per heavy atom. The van der Waals surface area contributed by atoms with Crippen LogP contribution in [-0.4, -0.2) is 67.0 Å². The van der Waals surface area contributed by atoms with Gasteiger partial charge in [0.25, 0.3) is 0 Å². The summed E-state index contributed by atoms with van der Waals surface area (Å²) in [5.41, 5.74) is 6.41. The maximum absolute atomic E-state index is 12.8. The molecule has 2 aliphatic rings. The lowest BCUT2D eigenvalue weighted by Crippen LogP contribution is -2.39. The number of sulfonamides is 1. The fourth-order valence-electron chi connectivity index (χ4n) is 3.83. The maximum atomic E-state index is 12.8. The highest BCUT2D eigenvalue weighted by molar-refractivity contribution is 7.89. The van der Waals surface area contributed by atoms with Gasteiger partial charge in [-0.25, -0.2) is 8.42 Å². The third-order valence-corrected chi connectivity index (χ3v) is 7.36. The van der Waals surface area contributed by atoms with Crippen LogP contribution in [0.5, 0.6) is 0 Å². The second-order valence-corrected chi connectivity index (χ2v) is 9.43. The highest BCUT2D eigenvalue weighted by atomic mass is 32.2. The molecule has 1 amide bonds. The van der Waals surface area contributed by atoms with Crippen LogP contribution in [-0.2, 0) is 14.8 Å². The van der Waals surface area contributed by atoms with E-state index in [9.17, 15) is 18.3 Å². The molecular formula is C20H29N3O4S. The lowest BCUT2D eigenvalue weighted by molar-refractivity contribution is -0.126. The predicted molar refractivity (Wildman–Crippen MR) is 108 cm³/mol. The summed E-state index contributed by atoms with van der Waals surface area (Å²) in [6.45, 7) is 1.75. The summed E-state index contributed by atoms with van der Waals surface area (Å²) < 4.78 is 27.2. The van der Waals surface area contributed by atoms with Gasteiger partial charge in [0.05, 0.1) is 11.0 Å². The number of hydrogen-bond acceptors (Lipinski definition) is 5. The molecule has 2 fully saturated rings. The van der Waals surface area contributed by atoms with Crippen molar-refractivity contribution in [3.05, 3.63) is 35.9 Å². The van der Waals surface area contributed by atoms with Gasteiger partial charge in [0.15, 0.2) is 0 Å². The van der Waals surface area contributed by atoms with Crippen LogP contribution in [0.25, 0.3) is 6.08 Å². The first-order valence-electron chi connectivity index (χ1n) is 9.89. The summed E-state index contributed by atoms with van der Waals surface area (Å²) in [7, 11) is -3.47. The van der Waals surface area contributed by atoms with E-state index in [0.717, 1.165) is 31.2 Å². The van der Waals surface area contributed by atoms with E-state index in [1.54, 1.807) is 39.5 Å². The van der Waals surface area contributed by atoms with E-state index in [-0.39, 0.29) is 23.4 Å². The van der Waals surface area contributed by atoms with Gasteiger partial charge < -0.3 is 15.7 Å². The van der Waals surface area contributed by atoms with Crippen LogP contribution < -0.4 is 5.73 Å². The zero-order valence-corrected chi connectivity index (χ0v) is 16.9. The van der Waals surface area contributed by atoms with Crippen LogP contribution in [0.15, 0.2) is 35.2 Å². The fraction of sp³-hybridized carbons (Fsp3) is 0.550. The summed E-state index contributed by atoms with van der Waals surface area (Å²) in [4.78, 5) is 14.2. The summed E-state index contributed by atoms with van der Waals surface area (Å²) >= 11 is 0. The lowest BCUT2D eigenvalue weighted by Gasteiger charge is -2.21. The molecule has 0 unspecified atom stereocenters. The van der Waals surface area contributed by atoms with E-state index in [0.29, 0.717) is 26.1 Å². The van der Waals surface area contributed by atoms with Crippen molar-refractivity contribution in [2.75, 3.05) is 26.2 Å². The number of rotatable bonds is 5. The van der Waals surface area contributed by atoms with Gasteiger partial charge in [0.2, 0.25) is 15.9 Å². The molecule has 0 aromatic heterocycles. The normalized spacial score (nSPS) is 24.6. The van der Waals surface area contributed by atoms with Crippen LogP contribution >= 0.6 is 0 Å². The van der Waals surface area contributed by atoms with Crippen molar-refractivity contribution in [2.24, 2.45) is 5.73 Å². The first kappa shape index (κ1) is 21.0. The minimum atomic E-state index is -3.47. The molecule has 0 saturated carbocycles. The second-order valence-electron chi connectivity index (χ2n) is 7.49. The molecule has 0 aliphatic carbocycles. The van der Waals surface area contributed by atoms with Crippen LogP contribution in [0.1, 0.15) is 37.7 Å². The molecular weight excluding hydrogens is 378 g/mol. The van der Waals surface area contributed by atoms with Gasteiger partial charge >= 0.3 is 0 Å². The molecule has 1 aromatic rings. The molecule has 154 valence electrons. The van der Waals surface area contributed by atoms with Gasteiger partial charge in [-0.2, -0.15) is 4.31 Å². The smallest absolute Gasteiger partial charge is 0.246 e. The first-order chi connectivity index (χ1) is 13.4. The largest absolute Gasteiger partial charge is 0.391 e. The van der Waals surface area contributed by atoms with Crippen LogP contribution in [0.4, 0.5) is 0 Å². The number of benzene rings is 1. The van der Waals surface area contributed by atoms with E-state index in [4.69, 9.17) is 5.73 Å². The van der Waals surface area contributed by atoms with Crippen LogP contribution in [0, 0.1) is 0 Å². The number of carbonyl (C=O) groups excluding carboxylic acids is 1. The third kappa shape index (κ3) is 4.81. The van der Waals surface area contributed by atoms with E-state index in [1.165, 1.54) is 6.08 Å². The molecule has 2 atom stereocenters. The molecule has 28 heavy (non-hydrogen) atoms. The molecule has 2 saturated heterocycles.